The summed E-state index contributed by atoms with van der Waals surface area (Å²) >= 11 is 0. The Balaban J connectivity index is 0.00000450. The van der Waals surface area contributed by atoms with Crippen molar-refractivity contribution >= 4 is 29.9 Å². The van der Waals surface area contributed by atoms with E-state index in [1.807, 2.05) is 6.07 Å². The van der Waals surface area contributed by atoms with Crippen molar-refractivity contribution in [3.05, 3.63) is 64.6 Å². The first-order valence-corrected chi connectivity index (χ1v) is 9.26. The van der Waals surface area contributed by atoms with Gasteiger partial charge in [0.25, 0.3) is 0 Å². The Morgan fingerprint density at radius 1 is 1.10 bits per heavy atom. The highest BCUT2D eigenvalue weighted by Gasteiger charge is 2.28. The van der Waals surface area contributed by atoms with Gasteiger partial charge in [-0.15, -0.1) is 24.0 Å². The minimum Gasteiger partial charge on any atom is -0.484 e. The summed E-state index contributed by atoms with van der Waals surface area (Å²) < 4.78 is 42.8. The minimum atomic E-state index is -4.35. The van der Waals surface area contributed by atoms with Crippen LogP contribution < -0.4 is 20.9 Å². The lowest BCUT2D eigenvalue weighted by Crippen LogP contribution is -2.37. The molecule has 0 fully saturated rings. The third kappa shape index (κ3) is 9.99. The van der Waals surface area contributed by atoms with Crippen molar-refractivity contribution in [1.29, 1.82) is 0 Å². The van der Waals surface area contributed by atoms with E-state index < -0.39 is 12.8 Å². The largest absolute Gasteiger partial charge is 0.484 e. The molecule has 30 heavy (non-hydrogen) atoms. The Bertz CT molecular complexity index is 839. The number of nitrogens with one attached hydrogen (secondary N) is 2. The fourth-order valence-electron chi connectivity index (χ4n) is 2.53. The molecule has 0 amide bonds. The molecule has 1 aromatic carbocycles. The Morgan fingerprint density at radius 2 is 1.83 bits per heavy atom. The van der Waals surface area contributed by atoms with Gasteiger partial charge < -0.3 is 19.9 Å². The van der Waals surface area contributed by atoms with Gasteiger partial charge in [-0.1, -0.05) is 18.2 Å². The Morgan fingerprint density at radius 3 is 2.47 bits per heavy atom. The molecule has 2 aromatic rings. The Hall–Kier alpha value is -2.24. The van der Waals surface area contributed by atoms with Crippen molar-refractivity contribution in [3.8, 4) is 5.75 Å². The monoisotopic (exact) mass is 538 g/mol. The summed E-state index contributed by atoms with van der Waals surface area (Å²) in [4.78, 5) is 15.8. The van der Waals surface area contributed by atoms with E-state index in [-0.39, 0.29) is 35.3 Å². The molecule has 0 saturated carbocycles. The van der Waals surface area contributed by atoms with Crippen LogP contribution in [0.1, 0.15) is 18.4 Å². The van der Waals surface area contributed by atoms with E-state index in [0.29, 0.717) is 25.6 Å². The first kappa shape index (κ1) is 25.8. The van der Waals surface area contributed by atoms with Crippen LogP contribution in [-0.4, -0.2) is 36.9 Å². The molecule has 2 rings (SSSR count). The van der Waals surface area contributed by atoms with E-state index in [1.54, 1.807) is 42.1 Å². The van der Waals surface area contributed by atoms with Crippen LogP contribution in [0.25, 0.3) is 0 Å². The second-order valence-electron chi connectivity index (χ2n) is 6.34. The lowest BCUT2D eigenvalue weighted by Gasteiger charge is -2.13. The Kier molecular flexibility index (Phi) is 11.3. The number of benzene rings is 1. The zero-order valence-electron chi connectivity index (χ0n) is 16.6. The van der Waals surface area contributed by atoms with E-state index in [4.69, 9.17) is 0 Å². The van der Waals surface area contributed by atoms with E-state index in [9.17, 15) is 18.0 Å². The van der Waals surface area contributed by atoms with Gasteiger partial charge in [0.1, 0.15) is 5.75 Å². The number of alkyl halides is 3. The number of aryl methyl sites for hydroxylation is 1. The number of pyridine rings is 1. The van der Waals surface area contributed by atoms with Crippen LogP contribution in [0.4, 0.5) is 13.2 Å². The SMILES string of the molecule is CN=C(NCCCCn1ccccc1=O)NCc1ccc(OCC(F)(F)F)cc1.I. The molecule has 0 aliphatic carbocycles. The number of halogens is 4. The number of hydrogen-bond donors (Lipinski definition) is 2. The van der Waals surface area contributed by atoms with Crippen LogP contribution in [0, 0.1) is 0 Å². The number of aromatic nitrogens is 1. The molecule has 0 aliphatic rings. The number of nitrogens with zero attached hydrogens (tertiary/aromatic N) is 2. The summed E-state index contributed by atoms with van der Waals surface area (Å²) in [6, 6.07) is 11.5. The van der Waals surface area contributed by atoms with Gasteiger partial charge in [-0.2, -0.15) is 13.2 Å². The maximum absolute atomic E-state index is 12.2. The highest BCUT2D eigenvalue weighted by atomic mass is 127. The van der Waals surface area contributed by atoms with Gasteiger partial charge in [0.15, 0.2) is 12.6 Å². The molecule has 0 bridgehead atoms. The normalized spacial score (nSPS) is 11.5. The van der Waals surface area contributed by atoms with Gasteiger partial charge in [0, 0.05) is 38.9 Å². The van der Waals surface area contributed by atoms with Gasteiger partial charge in [-0.3, -0.25) is 9.79 Å². The molecule has 6 nitrogen and oxygen atoms in total. The molecule has 0 radical (unpaired) electrons. The van der Waals surface area contributed by atoms with Gasteiger partial charge in [-0.25, -0.2) is 0 Å². The van der Waals surface area contributed by atoms with Gasteiger partial charge in [0.2, 0.25) is 5.56 Å². The number of ether oxygens (including phenoxy) is 1. The third-order valence-electron chi connectivity index (χ3n) is 4.03. The lowest BCUT2D eigenvalue weighted by atomic mass is 10.2. The van der Waals surface area contributed by atoms with Crippen LogP contribution in [0.3, 0.4) is 0 Å². The number of aliphatic imine (C=N–C) groups is 1. The molecule has 2 N–H and O–H groups in total. The second kappa shape index (κ2) is 13.1. The smallest absolute Gasteiger partial charge is 0.422 e. The van der Waals surface area contributed by atoms with Crippen LogP contribution in [-0.2, 0) is 13.1 Å². The fourth-order valence-corrected chi connectivity index (χ4v) is 2.53. The predicted octanol–water partition coefficient (Wildman–Crippen LogP) is 3.55. The van der Waals surface area contributed by atoms with E-state index >= 15 is 0 Å². The topological polar surface area (TPSA) is 67.7 Å². The van der Waals surface area contributed by atoms with E-state index in [1.165, 1.54) is 12.1 Å². The highest BCUT2D eigenvalue weighted by Crippen LogP contribution is 2.18. The lowest BCUT2D eigenvalue weighted by molar-refractivity contribution is -0.153. The summed E-state index contributed by atoms with van der Waals surface area (Å²) in [5, 5.41) is 6.33. The highest BCUT2D eigenvalue weighted by molar-refractivity contribution is 14.0. The van der Waals surface area contributed by atoms with Gasteiger partial charge >= 0.3 is 6.18 Å². The quantitative estimate of drug-likeness (QED) is 0.222. The predicted molar refractivity (Wildman–Crippen MR) is 122 cm³/mol. The van der Waals surface area contributed by atoms with Crippen LogP contribution in [0.2, 0.25) is 0 Å². The average Bonchev–Trinajstić information content (AvgIpc) is 2.70. The Labute approximate surface area is 190 Å². The number of guanidine groups is 1. The molecular formula is C20H26F3IN4O2. The van der Waals surface area contributed by atoms with Crippen molar-refractivity contribution in [2.24, 2.45) is 4.99 Å². The standard InChI is InChI=1S/C20H25F3N4O2.HI/c1-24-19(25-11-3-5-13-27-12-4-2-6-18(27)28)26-14-16-7-9-17(10-8-16)29-15-20(21,22)23;/h2,4,6-10,12H,3,5,11,13-15H2,1H3,(H2,24,25,26);1H. The first-order chi connectivity index (χ1) is 13.9. The van der Waals surface area contributed by atoms with E-state index in [0.717, 1.165) is 18.4 Å². The van der Waals surface area contributed by atoms with Crippen molar-refractivity contribution in [2.45, 2.75) is 32.1 Å². The van der Waals surface area contributed by atoms with Crippen molar-refractivity contribution in [2.75, 3.05) is 20.2 Å². The van der Waals surface area contributed by atoms with Gasteiger partial charge in [0.05, 0.1) is 0 Å². The van der Waals surface area contributed by atoms with Crippen LogP contribution >= 0.6 is 24.0 Å². The molecule has 1 heterocycles. The maximum atomic E-state index is 12.2. The summed E-state index contributed by atoms with van der Waals surface area (Å²) in [6.45, 7) is 0.528. The van der Waals surface area contributed by atoms with Gasteiger partial charge in [-0.05, 0) is 36.6 Å². The third-order valence-corrected chi connectivity index (χ3v) is 4.03. The van der Waals surface area contributed by atoms with E-state index in [2.05, 4.69) is 20.4 Å². The molecule has 1 aromatic heterocycles. The molecule has 0 unspecified atom stereocenters. The molecule has 166 valence electrons. The molecule has 10 heteroatoms. The van der Waals surface area contributed by atoms with Crippen molar-refractivity contribution in [1.82, 2.24) is 15.2 Å². The van der Waals surface area contributed by atoms with Crippen molar-refractivity contribution in [3.63, 3.8) is 0 Å². The summed E-state index contributed by atoms with van der Waals surface area (Å²) in [7, 11) is 1.66. The zero-order valence-corrected chi connectivity index (χ0v) is 18.9. The summed E-state index contributed by atoms with van der Waals surface area (Å²) in [5.41, 5.74) is 0.878. The summed E-state index contributed by atoms with van der Waals surface area (Å²) in [6.07, 6.45) is -0.855. The first-order valence-electron chi connectivity index (χ1n) is 9.26. The summed E-state index contributed by atoms with van der Waals surface area (Å²) in [5.74, 6) is 0.797. The zero-order chi connectivity index (χ0) is 21.1. The van der Waals surface area contributed by atoms with Crippen LogP contribution in [0.15, 0.2) is 58.4 Å². The number of rotatable bonds is 9. The average molecular weight is 538 g/mol. The minimum absolute atomic E-state index is 0. The second-order valence-corrected chi connectivity index (χ2v) is 6.34. The van der Waals surface area contributed by atoms with Crippen molar-refractivity contribution < 1.29 is 17.9 Å². The van der Waals surface area contributed by atoms with Crippen LogP contribution in [0.5, 0.6) is 5.75 Å². The molecule has 0 aliphatic heterocycles. The molecule has 0 atom stereocenters. The maximum Gasteiger partial charge on any atom is 0.422 e. The number of hydrogen-bond acceptors (Lipinski definition) is 3. The number of unbranched alkanes of at least 4 members (excludes halogenated alkanes) is 1. The molecule has 0 saturated heterocycles. The fraction of sp³-hybridized carbons (Fsp3) is 0.400. The molecular weight excluding hydrogens is 512 g/mol. The molecule has 0 spiro atoms.